The van der Waals surface area contributed by atoms with Crippen molar-refractivity contribution in [1.82, 2.24) is 0 Å². The number of hydrogen-bond donors (Lipinski definition) is 1. The molecule has 0 saturated heterocycles. The molecule has 0 unspecified atom stereocenters. The average molecular weight is 150 g/mol. The summed E-state index contributed by atoms with van der Waals surface area (Å²) < 4.78 is 5.44. The molecule has 0 spiro atoms. The van der Waals surface area contributed by atoms with E-state index in [0.29, 0.717) is 0 Å². The monoisotopic (exact) mass is 150 g/mol. The van der Waals surface area contributed by atoms with Crippen LogP contribution in [0.2, 0.25) is 13.1 Å². The Morgan fingerprint density at radius 1 is 1.50 bits per heavy atom. The first-order chi connectivity index (χ1) is 3.62. The van der Waals surface area contributed by atoms with Crippen molar-refractivity contribution in [2.45, 2.75) is 20.0 Å². The fraction of sp³-hybridized carbons (Fsp3) is 1.00. The maximum absolute atomic E-state index is 5.44. The molecule has 0 saturated carbocycles. The van der Waals surface area contributed by atoms with Crippen molar-refractivity contribution >= 4 is 20.9 Å². The molecule has 0 heterocycles. The maximum Gasteiger partial charge on any atom is 0.196 e. The highest BCUT2D eigenvalue weighted by molar-refractivity contribution is 7.82. The van der Waals surface area contributed by atoms with Gasteiger partial charge in [0, 0.05) is 12.0 Å². The molecule has 0 aromatic carbocycles. The first-order valence-electron chi connectivity index (χ1n) is 2.87. The van der Waals surface area contributed by atoms with Crippen LogP contribution in [0.15, 0.2) is 0 Å². The Labute approximate surface area is 58.0 Å². The fourth-order valence-corrected chi connectivity index (χ4v) is 1.58. The molecule has 50 valence electrons. The topological polar surface area (TPSA) is 9.23 Å². The van der Waals surface area contributed by atoms with E-state index in [1.54, 1.807) is 0 Å². The van der Waals surface area contributed by atoms with Gasteiger partial charge in [0.15, 0.2) is 8.32 Å². The molecule has 0 rings (SSSR count). The van der Waals surface area contributed by atoms with Gasteiger partial charge in [-0.15, -0.1) is 0 Å². The van der Waals surface area contributed by atoms with Crippen LogP contribution >= 0.6 is 12.6 Å². The summed E-state index contributed by atoms with van der Waals surface area (Å²) in [5, 5.41) is 0.918. The summed E-state index contributed by atoms with van der Waals surface area (Å²) in [5.41, 5.74) is 0. The van der Waals surface area contributed by atoms with E-state index in [9.17, 15) is 0 Å². The van der Waals surface area contributed by atoms with Crippen molar-refractivity contribution in [2.75, 3.05) is 12.0 Å². The predicted octanol–water partition coefficient (Wildman–Crippen LogP) is 1.70. The van der Waals surface area contributed by atoms with E-state index < -0.39 is 8.32 Å². The second-order valence-electron chi connectivity index (χ2n) is 2.35. The molecule has 0 aromatic heterocycles. The minimum atomic E-state index is -1.31. The lowest BCUT2D eigenvalue weighted by molar-refractivity contribution is 0.334. The third-order valence-corrected chi connectivity index (χ3v) is 5.03. The highest BCUT2D eigenvalue weighted by atomic mass is 32.1. The highest BCUT2D eigenvalue weighted by Crippen LogP contribution is 2.04. The van der Waals surface area contributed by atoms with Gasteiger partial charge in [-0.2, -0.15) is 12.6 Å². The van der Waals surface area contributed by atoms with E-state index in [4.69, 9.17) is 4.43 Å². The van der Waals surface area contributed by atoms with Gasteiger partial charge in [0.25, 0.3) is 0 Å². The van der Waals surface area contributed by atoms with Gasteiger partial charge >= 0.3 is 0 Å². The molecule has 0 bridgehead atoms. The van der Waals surface area contributed by atoms with Crippen molar-refractivity contribution in [1.29, 1.82) is 0 Å². The van der Waals surface area contributed by atoms with Gasteiger partial charge in [-0.25, -0.2) is 0 Å². The molecule has 0 aliphatic rings. The van der Waals surface area contributed by atoms with Crippen molar-refractivity contribution in [2.24, 2.45) is 0 Å². The van der Waals surface area contributed by atoms with Crippen LogP contribution in [0.25, 0.3) is 0 Å². The molecule has 0 fully saturated rings. The quantitative estimate of drug-likeness (QED) is 0.476. The molecule has 1 nitrogen and oxygen atoms in total. The average Bonchev–Trinajstić information content (AvgIpc) is 1.67. The number of rotatable bonds is 3. The Balaban J connectivity index is 3.37. The third kappa shape index (κ3) is 3.52. The van der Waals surface area contributed by atoms with Gasteiger partial charge in [0.2, 0.25) is 0 Å². The zero-order chi connectivity index (χ0) is 6.62. The van der Waals surface area contributed by atoms with Gasteiger partial charge in [-0.3, -0.25) is 0 Å². The minimum Gasteiger partial charge on any atom is -0.417 e. The van der Waals surface area contributed by atoms with E-state index in [1.165, 1.54) is 0 Å². The molecule has 0 amide bonds. The van der Waals surface area contributed by atoms with E-state index in [1.807, 2.05) is 6.92 Å². The van der Waals surface area contributed by atoms with E-state index >= 15 is 0 Å². The Morgan fingerprint density at radius 3 is 2.12 bits per heavy atom. The lowest BCUT2D eigenvalue weighted by atomic mass is 10.9. The molecule has 0 aliphatic heterocycles. The second-order valence-corrected chi connectivity index (χ2v) is 7.42. The smallest absolute Gasteiger partial charge is 0.196 e. The zero-order valence-electron chi connectivity index (χ0n) is 5.77. The molecule has 8 heavy (non-hydrogen) atoms. The molecule has 0 atom stereocenters. The summed E-state index contributed by atoms with van der Waals surface area (Å²) in [5.74, 6) is 0. The van der Waals surface area contributed by atoms with Crippen LogP contribution in [0.1, 0.15) is 6.92 Å². The molecule has 0 aliphatic carbocycles. The molecule has 0 aromatic rings. The van der Waals surface area contributed by atoms with Crippen molar-refractivity contribution < 1.29 is 4.43 Å². The van der Waals surface area contributed by atoms with Crippen LogP contribution in [0.4, 0.5) is 0 Å². The van der Waals surface area contributed by atoms with Gasteiger partial charge < -0.3 is 4.43 Å². The lowest BCUT2D eigenvalue weighted by Gasteiger charge is -2.18. The minimum absolute atomic E-state index is 0.833. The lowest BCUT2D eigenvalue weighted by Crippen LogP contribution is -2.32. The standard InChI is InChI=1S/C5H14OSSi/c1-4-6-8(2,3)5-7/h7H,4-5H2,1-3H3. The van der Waals surface area contributed by atoms with E-state index in [0.717, 1.165) is 12.0 Å². The zero-order valence-corrected chi connectivity index (χ0v) is 7.66. The first kappa shape index (κ1) is 8.53. The van der Waals surface area contributed by atoms with E-state index in [-0.39, 0.29) is 0 Å². The van der Waals surface area contributed by atoms with Crippen LogP contribution in [0.3, 0.4) is 0 Å². The summed E-state index contributed by atoms with van der Waals surface area (Å²) in [4.78, 5) is 0. The Hall–Kier alpha value is 0.527. The van der Waals surface area contributed by atoms with E-state index in [2.05, 4.69) is 25.7 Å². The van der Waals surface area contributed by atoms with Gasteiger partial charge in [-0.05, 0) is 20.0 Å². The molecule has 0 N–H and O–H groups in total. The highest BCUT2D eigenvalue weighted by Gasteiger charge is 2.18. The van der Waals surface area contributed by atoms with Crippen molar-refractivity contribution in [3.05, 3.63) is 0 Å². The summed E-state index contributed by atoms with van der Waals surface area (Å²) in [6.07, 6.45) is 0. The summed E-state index contributed by atoms with van der Waals surface area (Å²) in [6.45, 7) is 7.20. The second kappa shape index (κ2) is 3.53. The SMILES string of the molecule is CCO[Si](C)(C)CS. The van der Waals surface area contributed by atoms with Gasteiger partial charge in [-0.1, -0.05) is 0 Å². The van der Waals surface area contributed by atoms with Crippen LogP contribution in [0.5, 0.6) is 0 Å². The molecular weight excluding hydrogens is 136 g/mol. The Bertz CT molecular complexity index is 65.4. The number of hydrogen-bond acceptors (Lipinski definition) is 2. The predicted molar refractivity (Wildman–Crippen MR) is 43.0 cm³/mol. The largest absolute Gasteiger partial charge is 0.417 e. The van der Waals surface area contributed by atoms with Crippen molar-refractivity contribution in [3.63, 3.8) is 0 Å². The molecule has 3 heteroatoms. The molecular formula is C5H14OSSi. The third-order valence-electron chi connectivity index (χ3n) is 0.916. The normalized spacial score (nSPS) is 12.0. The van der Waals surface area contributed by atoms with Gasteiger partial charge in [0.1, 0.15) is 0 Å². The van der Waals surface area contributed by atoms with Crippen LogP contribution in [-0.4, -0.2) is 20.3 Å². The first-order valence-corrected chi connectivity index (χ1v) is 6.62. The molecule has 0 radical (unpaired) electrons. The summed E-state index contributed by atoms with van der Waals surface area (Å²) in [7, 11) is -1.31. The van der Waals surface area contributed by atoms with Crippen LogP contribution < -0.4 is 0 Å². The Kier molecular flexibility index (Phi) is 3.77. The van der Waals surface area contributed by atoms with Crippen LogP contribution in [-0.2, 0) is 4.43 Å². The maximum atomic E-state index is 5.44. The van der Waals surface area contributed by atoms with Gasteiger partial charge in [0.05, 0.1) is 0 Å². The van der Waals surface area contributed by atoms with Crippen LogP contribution in [0, 0.1) is 0 Å². The number of thiol groups is 1. The van der Waals surface area contributed by atoms with Crippen molar-refractivity contribution in [3.8, 4) is 0 Å². The Morgan fingerprint density at radius 2 is 2.00 bits per heavy atom. The fourth-order valence-electron chi connectivity index (χ4n) is 0.436. The summed E-state index contributed by atoms with van der Waals surface area (Å²) >= 11 is 4.17. The summed E-state index contributed by atoms with van der Waals surface area (Å²) in [6, 6.07) is 0.